The van der Waals surface area contributed by atoms with Crippen LogP contribution in [0.2, 0.25) is 5.02 Å². The molecule has 1 N–H and O–H groups in total. The minimum atomic E-state index is -1.03. The van der Waals surface area contributed by atoms with Crippen LogP contribution in [0.3, 0.4) is 0 Å². The number of halogens is 1. The Morgan fingerprint density at radius 2 is 1.92 bits per heavy atom. The van der Waals surface area contributed by atoms with E-state index in [0.29, 0.717) is 16.6 Å². The number of ether oxygens (including phenoxy) is 3. The molecule has 1 heterocycles. The standard InChI is InChI=1S/C17H17ClN2O5/c1-10(16(21)20-15-7-4-11(18)9-19-15)25-17(22)13-6-5-12(23-2)8-14(13)24-3/h4-10H,1-3H3,(H,19,20,21)/t10-/m1/s1. The molecule has 0 radical (unpaired) electrons. The largest absolute Gasteiger partial charge is 0.497 e. The van der Waals surface area contributed by atoms with Gasteiger partial charge >= 0.3 is 5.97 Å². The van der Waals surface area contributed by atoms with Gasteiger partial charge in [0.1, 0.15) is 22.9 Å². The molecular weight excluding hydrogens is 348 g/mol. The SMILES string of the molecule is COc1ccc(C(=O)O[C@H](C)C(=O)Nc2ccc(Cl)cn2)c(OC)c1. The molecule has 2 rings (SSSR count). The number of anilines is 1. The molecule has 2 aromatic rings. The Morgan fingerprint density at radius 1 is 1.16 bits per heavy atom. The van der Waals surface area contributed by atoms with E-state index in [1.54, 1.807) is 24.3 Å². The van der Waals surface area contributed by atoms with E-state index in [0.717, 1.165) is 0 Å². The first kappa shape index (κ1) is 18.5. The number of esters is 1. The Bertz CT molecular complexity index is 764. The van der Waals surface area contributed by atoms with Crippen molar-refractivity contribution in [3.8, 4) is 11.5 Å². The fourth-order valence-corrected chi connectivity index (χ4v) is 2.03. The molecule has 0 unspecified atom stereocenters. The zero-order valence-electron chi connectivity index (χ0n) is 13.9. The third-order valence-corrected chi connectivity index (χ3v) is 3.48. The predicted molar refractivity (Wildman–Crippen MR) is 92.3 cm³/mol. The fraction of sp³-hybridized carbons (Fsp3) is 0.235. The Kier molecular flexibility index (Phi) is 6.19. The lowest BCUT2D eigenvalue weighted by Crippen LogP contribution is -2.30. The molecule has 0 aliphatic heterocycles. The van der Waals surface area contributed by atoms with E-state index in [-0.39, 0.29) is 11.3 Å². The van der Waals surface area contributed by atoms with Crippen molar-refractivity contribution in [2.45, 2.75) is 13.0 Å². The van der Waals surface area contributed by atoms with Crippen molar-refractivity contribution < 1.29 is 23.8 Å². The summed E-state index contributed by atoms with van der Waals surface area (Å²) in [7, 11) is 2.93. The molecule has 8 heteroatoms. The van der Waals surface area contributed by atoms with Crippen molar-refractivity contribution in [1.29, 1.82) is 0 Å². The van der Waals surface area contributed by atoms with Crippen LogP contribution in [0.5, 0.6) is 11.5 Å². The molecule has 1 atom stereocenters. The van der Waals surface area contributed by atoms with E-state index in [2.05, 4.69) is 10.3 Å². The number of nitrogens with zero attached hydrogens (tertiary/aromatic N) is 1. The maximum atomic E-state index is 12.3. The lowest BCUT2D eigenvalue weighted by atomic mass is 10.2. The Balaban J connectivity index is 2.04. The number of pyridine rings is 1. The van der Waals surface area contributed by atoms with Crippen LogP contribution < -0.4 is 14.8 Å². The Morgan fingerprint density at radius 3 is 2.52 bits per heavy atom. The van der Waals surface area contributed by atoms with Crippen molar-refractivity contribution >= 4 is 29.3 Å². The van der Waals surface area contributed by atoms with Crippen LogP contribution >= 0.6 is 11.6 Å². The second-order valence-electron chi connectivity index (χ2n) is 4.96. The minimum absolute atomic E-state index is 0.188. The highest BCUT2D eigenvalue weighted by molar-refractivity contribution is 6.30. The number of aromatic nitrogens is 1. The predicted octanol–water partition coefficient (Wildman–Crippen LogP) is 2.94. The zero-order valence-corrected chi connectivity index (χ0v) is 14.7. The van der Waals surface area contributed by atoms with Crippen LogP contribution in [0.25, 0.3) is 0 Å². The molecular formula is C17H17ClN2O5. The number of benzene rings is 1. The number of amides is 1. The Labute approximate surface area is 149 Å². The van der Waals surface area contributed by atoms with Crippen molar-refractivity contribution in [2.75, 3.05) is 19.5 Å². The van der Waals surface area contributed by atoms with Crippen LogP contribution in [0, 0.1) is 0 Å². The molecule has 1 aromatic heterocycles. The summed E-state index contributed by atoms with van der Waals surface area (Å²) in [5.41, 5.74) is 0.188. The van der Waals surface area contributed by atoms with Gasteiger partial charge in [-0.3, -0.25) is 4.79 Å². The van der Waals surface area contributed by atoms with Gasteiger partial charge in [-0.1, -0.05) is 11.6 Å². The first-order valence-corrected chi connectivity index (χ1v) is 7.67. The van der Waals surface area contributed by atoms with Gasteiger partial charge in [0.25, 0.3) is 5.91 Å². The number of rotatable bonds is 6. The summed E-state index contributed by atoms with van der Waals surface area (Å²) in [4.78, 5) is 28.3. The Hall–Kier alpha value is -2.80. The third-order valence-electron chi connectivity index (χ3n) is 3.26. The van der Waals surface area contributed by atoms with Crippen molar-refractivity contribution in [2.24, 2.45) is 0 Å². The smallest absolute Gasteiger partial charge is 0.342 e. The lowest BCUT2D eigenvalue weighted by Gasteiger charge is -2.15. The zero-order chi connectivity index (χ0) is 18.4. The molecule has 7 nitrogen and oxygen atoms in total. The summed E-state index contributed by atoms with van der Waals surface area (Å²) in [6.45, 7) is 1.46. The molecule has 0 aliphatic rings. The normalized spacial score (nSPS) is 11.4. The van der Waals surface area contributed by atoms with Gasteiger partial charge in [0.2, 0.25) is 0 Å². The molecule has 0 aliphatic carbocycles. The molecule has 1 aromatic carbocycles. The molecule has 0 saturated heterocycles. The van der Waals surface area contributed by atoms with Crippen LogP contribution in [0.4, 0.5) is 5.82 Å². The maximum absolute atomic E-state index is 12.3. The van der Waals surface area contributed by atoms with Gasteiger partial charge in [0.05, 0.1) is 19.2 Å². The minimum Gasteiger partial charge on any atom is -0.497 e. The average Bonchev–Trinajstić information content (AvgIpc) is 2.62. The average molecular weight is 365 g/mol. The van der Waals surface area contributed by atoms with Crippen LogP contribution in [0.15, 0.2) is 36.5 Å². The molecule has 0 fully saturated rings. The number of hydrogen-bond donors (Lipinski definition) is 1. The summed E-state index contributed by atoms with van der Waals surface area (Å²) in [5.74, 6) is -0.0782. The number of methoxy groups -OCH3 is 2. The first-order valence-electron chi connectivity index (χ1n) is 7.30. The van der Waals surface area contributed by atoms with Crippen LogP contribution in [0.1, 0.15) is 17.3 Å². The van der Waals surface area contributed by atoms with Gasteiger partial charge in [0, 0.05) is 12.3 Å². The summed E-state index contributed by atoms with van der Waals surface area (Å²) in [6, 6.07) is 7.79. The van der Waals surface area contributed by atoms with Gasteiger partial charge in [-0.25, -0.2) is 9.78 Å². The van der Waals surface area contributed by atoms with Crippen LogP contribution in [-0.2, 0) is 9.53 Å². The number of carbonyl (C=O) groups is 2. The highest BCUT2D eigenvalue weighted by atomic mass is 35.5. The van der Waals surface area contributed by atoms with Crippen molar-refractivity contribution in [1.82, 2.24) is 4.98 Å². The molecule has 132 valence electrons. The van der Waals surface area contributed by atoms with E-state index in [1.165, 1.54) is 33.4 Å². The quantitative estimate of drug-likeness (QED) is 0.793. The number of carbonyl (C=O) groups excluding carboxylic acids is 2. The first-order chi connectivity index (χ1) is 11.9. The molecule has 0 saturated carbocycles. The number of nitrogens with one attached hydrogen (secondary N) is 1. The van der Waals surface area contributed by atoms with E-state index < -0.39 is 18.0 Å². The third kappa shape index (κ3) is 4.84. The lowest BCUT2D eigenvalue weighted by molar-refractivity contribution is -0.123. The summed E-state index contributed by atoms with van der Waals surface area (Å²) in [6.07, 6.45) is 0.368. The highest BCUT2D eigenvalue weighted by Gasteiger charge is 2.22. The van der Waals surface area contributed by atoms with Crippen LogP contribution in [-0.4, -0.2) is 37.2 Å². The van der Waals surface area contributed by atoms with Gasteiger partial charge in [-0.2, -0.15) is 0 Å². The van der Waals surface area contributed by atoms with Crippen molar-refractivity contribution in [3.05, 3.63) is 47.1 Å². The summed E-state index contributed by atoms with van der Waals surface area (Å²) >= 11 is 5.73. The summed E-state index contributed by atoms with van der Waals surface area (Å²) in [5, 5.41) is 2.98. The van der Waals surface area contributed by atoms with E-state index in [4.69, 9.17) is 25.8 Å². The highest BCUT2D eigenvalue weighted by Crippen LogP contribution is 2.25. The molecule has 0 spiro atoms. The molecule has 25 heavy (non-hydrogen) atoms. The van der Waals surface area contributed by atoms with Crippen molar-refractivity contribution in [3.63, 3.8) is 0 Å². The topological polar surface area (TPSA) is 86.8 Å². The van der Waals surface area contributed by atoms with E-state index in [9.17, 15) is 9.59 Å². The number of hydrogen-bond acceptors (Lipinski definition) is 6. The fourth-order valence-electron chi connectivity index (χ4n) is 1.92. The summed E-state index contributed by atoms with van der Waals surface area (Å²) < 4.78 is 15.4. The second kappa shape index (κ2) is 8.34. The van der Waals surface area contributed by atoms with Gasteiger partial charge in [0.15, 0.2) is 6.10 Å². The molecule has 0 bridgehead atoms. The van der Waals surface area contributed by atoms with Gasteiger partial charge in [-0.15, -0.1) is 0 Å². The maximum Gasteiger partial charge on any atom is 0.342 e. The monoisotopic (exact) mass is 364 g/mol. The molecule has 1 amide bonds. The second-order valence-corrected chi connectivity index (χ2v) is 5.40. The van der Waals surface area contributed by atoms with Gasteiger partial charge in [-0.05, 0) is 31.2 Å². The van der Waals surface area contributed by atoms with E-state index in [1.807, 2.05) is 0 Å². The van der Waals surface area contributed by atoms with E-state index >= 15 is 0 Å². The van der Waals surface area contributed by atoms with Gasteiger partial charge < -0.3 is 19.5 Å².